The lowest BCUT2D eigenvalue weighted by molar-refractivity contribution is -0.153. The zero-order valence-corrected chi connectivity index (χ0v) is 13.4. The molecule has 22 heavy (non-hydrogen) atoms. The number of hydrogen-bond donors (Lipinski definition) is 1. The highest BCUT2D eigenvalue weighted by Crippen LogP contribution is 2.24. The van der Waals surface area contributed by atoms with Crippen LogP contribution in [0.3, 0.4) is 0 Å². The summed E-state index contributed by atoms with van der Waals surface area (Å²) in [6, 6.07) is 9.71. The van der Waals surface area contributed by atoms with Gasteiger partial charge in [0, 0.05) is 17.4 Å². The van der Waals surface area contributed by atoms with E-state index in [0.29, 0.717) is 18.0 Å². The second kappa shape index (κ2) is 7.70. The number of esters is 1. The summed E-state index contributed by atoms with van der Waals surface area (Å²) < 4.78 is 5.04. The lowest BCUT2D eigenvalue weighted by Crippen LogP contribution is -2.29. The Hall–Kier alpha value is -2.21. The van der Waals surface area contributed by atoms with Gasteiger partial charge in [-0.1, -0.05) is 37.3 Å². The Bertz CT molecular complexity index is 640. The highest BCUT2D eigenvalue weighted by atomic mass is 32.1. The number of thiazole rings is 1. The number of nitrogens with zero attached hydrogens (tertiary/aromatic N) is 1. The van der Waals surface area contributed by atoms with Crippen molar-refractivity contribution in [3.05, 3.63) is 35.7 Å². The van der Waals surface area contributed by atoms with Crippen LogP contribution in [0, 0.1) is 0 Å². The highest BCUT2D eigenvalue weighted by molar-refractivity contribution is 7.14. The Balaban J connectivity index is 1.95. The molecule has 2 rings (SSSR count). The van der Waals surface area contributed by atoms with Crippen LogP contribution in [0.1, 0.15) is 26.7 Å². The van der Waals surface area contributed by atoms with E-state index in [2.05, 4.69) is 10.3 Å². The van der Waals surface area contributed by atoms with Crippen molar-refractivity contribution in [2.45, 2.75) is 32.8 Å². The van der Waals surface area contributed by atoms with Gasteiger partial charge in [0.15, 0.2) is 11.2 Å². The first-order valence-corrected chi connectivity index (χ1v) is 7.99. The number of aromatic nitrogens is 1. The summed E-state index contributed by atoms with van der Waals surface area (Å²) in [6.45, 7) is 3.43. The molecule has 0 aliphatic rings. The van der Waals surface area contributed by atoms with Crippen molar-refractivity contribution >= 4 is 28.3 Å². The summed E-state index contributed by atoms with van der Waals surface area (Å²) in [7, 11) is 0. The van der Waals surface area contributed by atoms with E-state index >= 15 is 0 Å². The number of hydrogen-bond acceptors (Lipinski definition) is 5. The fraction of sp³-hybridized carbons (Fsp3) is 0.312. The van der Waals surface area contributed by atoms with Crippen molar-refractivity contribution in [2.24, 2.45) is 0 Å². The highest BCUT2D eigenvalue weighted by Gasteiger charge is 2.18. The summed E-state index contributed by atoms with van der Waals surface area (Å²) in [5.41, 5.74) is 1.79. The van der Waals surface area contributed by atoms with E-state index in [0.717, 1.165) is 11.3 Å². The number of carbonyl (C=O) groups is 2. The standard InChI is InChI=1S/C16H18N2O3S/c1-3-7-14(19)21-11(2)15(20)18-16-17-13(10-22-16)12-8-5-4-6-9-12/h4-6,8-11H,3,7H2,1-2H3,(H,17,18,20). The fourth-order valence-corrected chi connectivity index (χ4v) is 2.52. The maximum atomic E-state index is 12.0. The van der Waals surface area contributed by atoms with E-state index in [9.17, 15) is 9.59 Å². The first kappa shape index (κ1) is 16.2. The smallest absolute Gasteiger partial charge is 0.306 e. The van der Waals surface area contributed by atoms with Crippen LogP contribution in [-0.4, -0.2) is 23.0 Å². The number of anilines is 1. The first-order chi connectivity index (χ1) is 10.6. The SMILES string of the molecule is CCCC(=O)OC(C)C(=O)Nc1nc(-c2ccccc2)cs1. The predicted molar refractivity (Wildman–Crippen MR) is 86.6 cm³/mol. The second-order valence-electron chi connectivity index (χ2n) is 4.78. The van der Waals surface area contributed by atoms with E-state index in [-0.39, 0.29) is 11.9 Å². The van der Waals surface area contributed by atoms with Crippen LogP contribution in [0.25, 0.3) is 11.3 Å². The molecular formula is C16H18N2O3S. The molecule has 6 heteroatoms. The minimum atomic E-state index is -0.830. The molecule has 1 N–H and O–H groups in total. The van der Waals surface area contributed by atoms with E-state index < -0.39 is 6.10 Å². The molecule has 1 heterocycles. The van der Waals surface area contributed by atoms with E-state index in [4.69, 9.17) is 4.74 Å². The Labute approximate surface area is 133 Å². The number of ether oxygens (including phenoxy) is 1. The molecule has 5 nitrogen and oxygen atoms in total. The second-order valence-corrected chi connectivity index (χ2v) is 5.63. The van der Waals surface area contributed by atoms with E-state index in [1.807, 2.05) is 42.6 Å². The first-order valence-electron chi connectivity index (χ1n) is 7.11. The molecule has 0 aliphatic heterocycles. The molecule has 2 aromatic rings. The number of amides is 1. The van der Waals surface area contributed by atoms with E-state index in [1.165, 1.54) is 11.3 Å². The lowest BCUT2D eigenvalue weighted by Gasteiger charge is -2.11. The average Bonchev–Trinajstić information content (AvgIpc) is 2.96. The summed E-state index contributed by atoms with van der Waals surface area (Å²) >= 11 is 1.34. The van der Waals surface area contributed by atoms with Crippen molar-refractivity contribution in [3.63, 3.8) is 0 Å². The van der Waals surface area contributed by atoms with Crippen LogP contribution in [0.2, 0.25) is 0 Å². The molecule has 116 valence electrons. The summed E-state index contributed by atoms with van der Waals surface area (Å²) in [5.74, 6) is -0.743. The quantitative estimate of drug-likeness (QED) is 0.828. The third kappa shape index (κ3) is 4.39. The zero-order chi connectivity index (χ0) is 15.9. The van der Waals surface area contributed by atoms with Crippen LogP contribution in [0.5, 0.6) is 0 Å². The molecule has 0 fully saturated rings. The zero-order valence-electron chi connectivity index (χ0n) is 12.5. The van der Waals surface area contributed by atoms with Gasteiger partial charge in [-0.25, -0.2) is 4.98 Å². The van der Waals surface area contributed by atoms with Crippen LogP contribution in [0.4, 0.5) is 5.13 Å². The summed E-state index contributed by atoms with van der Waals surface area (Å²) in [6.07, 6.45) is 0.177. The normalized spacial score (nSPS) is 11.7. The fourth-order valence-electron chi connectivity index (χ4n) is 1.79. The van der Waals surface area contributed by atoms with Crippen molar-refractivity contribution < 1.29 is 14.3 Å². The molecule has 0 saturated carbocycles. The Morgan fingerprint density at radius 3 is 2.73 bits per heavy atom. The maximum absolute atomic E-state index is 12.0. The topological polar surface area (TPSA) is 68.3 Å². The minimum absolute atomic E-state index is 0.313. The van der Waals surface area contributed by atoms with Crippen LogP contribution in [0.15, 0.2) is 35.7 Å². The van der Waals surface area contributed by atoms with Gasteiger partial charge < -0.3 is 4.74 Å². The molecule has 1 aromatic heterocycles. The van der Waals surface area contributed by atoms with Crippen molar-refractivity contribution in [3.8, 4) is 11.3 Å². The Kier molecular flexibility index (Phi) is 5.66. The van der Waals surface area contributed by atoms with Gasteiger partial charge in [-0.2, -0.15) is 0 Å². The largest absolute Gasteiger partial charge is 0.453 e. The van der Waals surface area contributed by atoms with Crippen LogP contribution < -0.4 is 5.32 Å². The van der Waals surface area contributed by atoms with E-state index in [1.54, 1.807) is 6.92 Å². The van der Waals surface area contributed by atoms with Crippen molar-refractivity contribution in [1.29, 1.82) is 0 Å². The molecule has 1 atom stereocenters. The van der Waals surface area contributed by atoms with Crippen molar-refractivity contribution in [1.82, 2.24) is 4.98 Å². The summed E-state index contributed by atoms with van der Waals surface area (Å²) in [5, 5.41) is 5.03. The molecular weight excluding hydrogens is 300 g/mol. The third-order valence-electron chi connectivity index (χ3n) is 2.94. The van der Waals surface area contributed by atoms with Gasteiger partial charge in [0.1, 0.15) is 0 Å². The van der Waals surface area contributed by atoms with Gasteiger partial charge >= 0.3 is 5.97 Å². The predicted octanol–water partition coefficient (Wildman–Crippen LogP) is 3.48. The van der Waals surface area contributed by atoms with Crippen molar-refractivity contribution in [2.75, 3.05) is 5.32 Å². The molecule has 0 aliphatic carbocycles. The monoisotopic (exact) mass is 318 g/mol. The van der Waals surface area contributed by atoms with Gasteiger partial charge in [-0.05, 0) is 13.3 Å². The molecule has 1 amide bonds. The molecule has 1 unspecified atom stereocenters. The molecule has 1 aromatic carbocycles. The number of nitrogens with one attached hydrogen (secondary N) is 1. The van der Waals surface area contributed by atoms with Gasteiger partial charge in [-0.15, -0.1) is 11.3 Å². The van der Waals surface area contributed by atoms with Gasteiger partial charge in [0.05, 0.1) is 5.69 Å². The van der Waals surface area contributed by atoms with Gasteiger partial charge in [-0.3, -0.25) is 14.9 Å². The summed E-state index contributed by atoms with van der Waals surface area (Å²) in [4.78, 5) is 27.7. The minimum Gasteiger partial charge on any atom is -0.453 e. The molecule has 0 spiro atoms. The average molecular weight is 318 g/mol. The van der Waals surface area contributed by atoms with Gasteiger partial charge in [0.2, 0.25) is 0 Å². The van der Waals surface area contributed by atoms with Crippen LogP contribution in [-0.2, 0) is 14.3 Å². The molecule has 0 radical (unpaired) electrons. The number of rotatable bonds is 6. The van der Waals surface area contributed by atoms with Gasteiger partial charge in [0.25, 0.3) is 5.91 Å². The molecule has 0 saturated heterocycles. The number of benzene rings is 1. The lowest BCUT2D eigenvalue weighted by atomic mass is 10.2. The van der Waals surface area contributed by atoms with Crippen LogP contribution >= 0.6 is 11.3 Å². The Morgan fingerprint density at radius 1 is 1.32 bits per heavy atom. The maximum Gasteiger partial charge on any atom is 0.306 e. The third-order valence-corrected chi connectivity index (χ3v) is 3.69. The molecule has 0 bridgehead atoms. The number of carbonyl (C=O) groups excluding carboxylic acids is 2. The Morgan fingerprint density at radius 2 is 2.05 bits per heavy atom.